The Hall–Kier alpha value is -1.64. The molecule has 1 nitrogen and oxygen atoms in total. The molecule has 0 spiro atoms. The fourth-order valence-corrected chi connectivity index (χ4v) is 5.71. The Morgan fingerprint density at radius 3 is 1.85 bits per heavy atom. The van der Waals surface area contributed by atoms with E-state index in [1.165, 1.54) is 0 Å². The molecule has 0 amide bonds. The first-order valence-electron chi connectivity index (χ1n) is 7.13. The van der Waals surface area contributed by atoms with Crippen LogP contribution in [0, 0.1) is 5.92 Å². The van der Waals surface area contributed by atoms with Crippen LogP contribution in [0.1, 0.15) is 13.3 Å². The van der Waals surface area contributed by atoms with Gasteiger partial charge in [0.2, 0.25) is 0 Å². The van der Waals surface area contributed by atoms with E-state index in [9.17, 15) is 4.80 Å². The number of hydrogen-bond acceptors (Lipinski definition) is 1. The molecule has 1 unspecified atom stereocenters. The summed E-state index contributed by atoms with van der Waals surface area (Å²) in [5.74, 6) is 0.432. The Morgan fingerprint density at radius 2 is 1.45 bits per heavy atom. The van der Waals surface area contributed by atoms with Crippen molar-refractivity contribution in [1.29, 1.82) is 0 Å². The lowest BCUT2D eigenvalue weighted by Crippen LogP contribution is -2.58. The average molecular weight is 282 g/mol. The SMILES string of the molecule is C=CC(C)CC[Si](O)(c1ccccc1)c1ccccc1. The van der Waals surface area contributed by atoms with Gasteiger partial charge in [-0.3, -0.25) is 0 Å². The van der Waals surface area contributed by atoms with E-state index < -0.39 is 8.32 Å². The maximum atomic E-state index is 11.4. The van der Waals surface area contributed by atoms with Crippen LogP contribution >= 0.6 is 0 Å². The quantitative estimate of drug-likeness (QED) is 0.638. The lowest BCUT2D eigenvalue weighted by Gasteiger charge is -2.27. The Morgan fingerprint density at radius 1 is 1.00 bits per heavy atom. The molecular weight excluding hydrogens is 260 g/mol. The fraction of sp³-hybridized carbons (Fsp3) is 0.222. The minimum Gasteiger partial charge on any atom is -0.424 e. The summed E-state index contributed by atoms with van der Waals surface area (Å²) in [5, 5.41) is 2.17. The summed E-state index contributed by atoms with van der Waals surface area (Å²) >= 11 is 0. The molecule has 0 aromatic heterocycles. The molecule has 0 radical (unpaired) electrons. The van der Waals surface area contributed by atoms with E-state index in [1.807, 2.05) is 42.5 Å². The topological polar surface area (TPSA) is 20.2 Å². The van der Waals surface area contributed by atoms with Gasteiger partial charge < -0.3 is 4.80 Å². The first-order chi connectivity index (χ1) is 9.66. The molecule has 0 bridgehead atoms. The number of benzene rings is 2. The monoisotopic (exact) mass is 282 g/mol. The predicted octanol–water partition coefficient (Wildman–Crippen LogP) is 2.95. The van der Waals surface area contributed by atoms with E-state index >= 15 is 0 Å². The summed E-state index contributed by atoms with van der Waals surface area (Å²) in [6, 6.07) is 21.1. The molecule has 104 valence electrons. The zero-order valence-corrected chi connectivity index (χ0v) is 13.0. The van der Waals surface area contributed by atoms with Crippen molar-refractivity contribution in [3.8, 4) is 0 Å². The van der Waals surface area contributed by atoms with E-state index in [0.29, 0.717) is 5.92 Å². The summed E-state index contributed by atoms with van der Waals surface area (Å²) in [7, 11) is -2.63. The second kappa shape index (κ2) is 6.68. The van der Waals surface area contributed by atoms with E-state index in [0.717, 1.165) is 22.8 Å². The average Bonchev–Trinajstić information content (AvgIpc) is 2.54. The number of rotatable bonds is 6. The normalized spacial score (nSPS) is 12.9. The summed E-state index contributed by atoms with van der Waals surface area (Å²) in [4.78, 5) is 11.4. The smallest absolute Gasteiger partial charge is 0.252 e. The van der Waals surface area contributed by atoms with Crippen molar-refractivity contribution < 1.29 is 4.80 Å². The van der Waals surface area contributed by atoms with Gasteiger partial charge in [0.1, 0.15) is 0 Å². The van der Waals surface area contributed by atoms with Gasteiger partial charge in [0.25, 0.3) is 8.32 Å². The van der Waals surface area contributed by atoms with Gasteiger partial charge in [-0.15, -0.1) is 6.58 Å². The largest absolute Gasteiger partial charge is 0.424 e. The van der Waals surface area contributed by atoms with Gasteiger partial charge in [0, 0.05) is 0 Å². The van der Waals surface area contributed by atoms with Crippen LogP contribution in [0.3, 0.4) is 0 Å². The third kappa shape index (κ3) is 3.27. The van der Waals surface area contributed by atoms with Crippen molar-refractivity contribution in [2.75, 3.05) is 0 Å². The van der Waals surface area contributed by atoms with Crippen molar-refractivity contribution in [3.05, 3.63) is 73.3 Å². The Balaban J connectivity index is 2.36. The van der Waals surface area contributed by atoms with E-state index in [4.69, 9.17) is 0 Å². The molecule has 2 aromatic carbocycles. The highest BCUT2D eigenvalue weighted by Crippen LogP contribution is 2.16. The maximum absolute atomic E-state index is 11.4. The highest BCUT2D eigenvalue weighted by Gasteiger charge is 2.35. The molecule has 0 aliphatic rings. The number of allylic oxidation sites excluding steroid dienone is 1. The van der Waals surface area contributed by atoms with Crippen LogP contribution in [0.4, 0.5) is 0 Å². The summed E-state index contributed by atoms with van der Waals surface area (Å²) in [6.07, 6.45) is 2.93. The third-order valence-corrected chi connectivity index (χ3v) is 7.46. The molecule has 0 saturated heterocycles. The molecule has 0 heterocycles. The molecule has 0 saturated carbocycles. The first-order valence-corrected chi connectivity index (χ1v) is 9.28. The highest BCUT2D eigenvalue weighted by molar-refractivity contribution is 6.96. The van der Waals surface area contributed by atoms with Gasteiger partial charge in [-0.1, -0.05) is 73.7 Å². The second-order valence-corrected chi connectivity index (χ2v) is 8.72. The van der Waals surface area contributed by atoms with Gasteiger partial charge in [0.05, 0.1) is 0 Å². The maximum Gasteiger partial charge on any atom is 0.252 e. The molecule has 2 rings (SSSR count). The van der Waals surface area contributed by atoms with E-state index in [2.05, 4.69) is 37.8 Å². The van der Waals surface area contributed by atoms with Crippen molar-refractivity contribution in [2.45, 2.75) is 19.4 Å². The molecule has 1 atom stereocenters. The van der Waals surface area contributed by atoms with Crippen molar-refractivity contribution in [3.63, 3.8) is 0 Å². The molecule has 20 heavy (non-hydrogen) atoms. The third-order valence-electron chi connectivity index (χ3n) is 3.87. The highest BCUT2D eigenvalue weighted by atomic mass is 28.4. The Kier molecular flexibility index (Phi) is 4.93. The number of hydrogen-bond donors (Lipinski definition) is 1. The van der Waals surface area contributed by atoms with Crippen LogP contribution in [-0.4, -0.2) is 13.1 Å². The van der Waals surface area contributed by atoms with Gasteiger partial charge in [-0.25, -0.2) is 0 Å². The lowest BCUT2D eigenvalue weighted by molar-refractivity contribution is 0.549. The lowest BCUT2D eigenvalue weighted by atomic mass is 10.1. The van der Waals surface area contributed by atoms with Gasteiger partial charge in [-0.2, -0.15) is 0 Å². The van der Waals surface area contributed by atoms with Crippen LogP contribution in [0.15, 0.2) is 73.3 Å². The molecule has 0 aliphatic heterocycles. The minimum absolute atomic E-state index is 0.432. The summed E-state index contributed by atoms with van der Waals surface area (Å²) in [6.45, 7) is 5.99. The molecule has 2 aromatic rings. The molecule has 0 aliphatic carbocycles. The second-order valence-electron chi connectivity index (χ2n) is 5.34. The van der Waals surface area contributed by atoms with Crippen LogP contribution in [0.5, 0.6) is 0 Å². The molecule has 2 heteroatoms. The molecule has 1 N–H and O–H groups in total. The van der Waals surface area contributed by atoms with E-state index in [1.54, 1.807) is 0 Å². The van der Waals surface area contributed by atoms with Gasteiger partial charge in [0.15, 0.2) is 0 Å². The minimum atomic E-state index is -2.63. The van der Waals surface area contributed by atoms with Gasteiger partial charge in [-0.05, 0) is 28.8 Å². The van der Waals surface area contributed by atoms with Crippen LogP contribution < -0.4 is 10.4 Å². The predicted molar refractivity (Wildman–Crippen MR) is 88.9 cm³/mol. The molecular formula is C18H22OSi. The molecule has 0 fully saturated rings. The van der Waals surface area contributed by atoms with E-state index in [-0.39, 0.29) is 0 Å². The zero-order valence-electron chi connectivity index (χ0n) is 12.0. The Labute approximate surface area is 122 Å². The summed E-state index contributed by atoms with van der Waals surface area (Å²) < 4.78 is 0. The Bertz CT molecular complexity index is 496. The zero-order chi connectivity index (χ0) is 14.4. The van der Waals surface area contributed by atoms with Crippen molar-refractivity contribution in [2.24, 2.45) is 5.92 Å². The van der Waals surface area contributed by atoms with Crippen LogP contribution in [0.25, 0.3) is 0 Å². The summed E-state index contributed by atoms with van der Waals surface area (Å²) in [5.41, 5.74) is 0. The van der Waals surface area contributed by atoms with Crippen LogP contribution in [-0.2, 0) is 0 Å². The first kappa shape index (κ1) is 14.8. The van der Waals surface area contributed by atoms with Crippen molar-refractivity contribution in [1.82, 2.24) is 0 Å². The fourth-order valence-electron chi connectivity index (χ4n) is 2.44. The van der Waals surface area contributed by atoms with Crippen LogP contribution in [0.2, 0.25) is 6.04 Å². The van der Waals surface area contributed by atoms with Crippen molar-refractivity contribution >= 4 is 18.7 Å². The van der Waals surface area contributed by atoms with Gasteiger partial charge >= 0.3 is 0 Å². The standard InChI is InChI=1S/C18H22OSi/c1-3-16(2)14-15-20(19,17-10-6-4-7-11-17)18-12-8-5-9-13-18/h3-13,16,19H,1,14-15H2,2H3.